The molecule has 0 aliphatic carbocycles. The molecule has 96 valence electrons. The molecule has 0 saturated heterocycles. The van der Waals surface area contributed by atoms with Crippen molar-refractivity contribution < 1.29 is 0 Å². The van der Waals surface area contributed by atoms with Gasteiger partial charge in [0.25, 0.3) is 0 Å². The molecule has 2 rings (SSSR count). The lowest BCUT2D eigenvalue weighted by Crippen LogP contribution is -2.25. The van der Waals surface area contributed by atoms with Gasteiger partial charge in [0.05, 0.1) is 5.69 Å². The van der Waals surface area contributed by atoms with E-state index in [0.717, 1.165) is 22.3 Å². The van der Waals surface area contributed by atoms with Gasteiger partial charge in [0, 0.05) is 40.8 Å². The van der Waals surface area contributed by atoms with Crippen molar-refractivity contribution in [1.82, 2.24) is 9.78 Å². The molecular weight excluding hydrogens is 310 g/mol. The van der Waals surface area contributed by atoms with Crippen molar-refractivity contribution in [2.75, 3.05) is 5.75 Å². The first-order valence-corrected chi connectivity index (χ1v) is 7.54. The van der Waals surface area contributed by atoms with E-state index in [-0.39, 0.29) is 6.04 Å². The monoisotopic (exact) mass is 325 g/mol. The summed E-state index contributed by atoms with van der Waals surface area (Å²) in [4.78, 5) is 1.23. The minimum atomic E-state index is 0.122. The number of halogens is 1. The molecule has 2 N–H and O–H groups in total. The average Bonchev–Trinajstić information content (AvgIpc) is 2.74. The fourth-order valence-electron chi connectivity index (χ4n) is 1.66. The highest BCUT2D eigenvalue weighted by Gasteiger charge is 2.08. The number of nitrogens with zero attached hydrogens (tertiary/aromatic N) is 2. The number of rotatable bonds is 5. The van der Waals surface area contributed by atoms with Crippen molar-refractivity contribution in [1.29, 1.82) is 0 Å². The molecule has 5 heteroatoms. The lowest BCUT2D eigenvalue weighted by atomic mass is 10.2. The molecule has 0 radical (unpaired) electrons. The highest BCUT2D eigenvalue weighted by Crippen LogP contribution is 2.27. The molecule has 1 aromatic carbocycles. The van der Waals surface area contributed by atoms with Gasteiger partial charge in [-0.2, -0.15) is 5.10 Å². The smallest absolute Gasteiger partial charge is 0.0640 e. The van der Waals surface area contributed by atoms with Crippen LogP contribution in [-0.2, 0) is 13.5 Å². The Morgan fingerprint density at radius 2 is 2.17 bits per heavy atom. The number of benzene rings is 1. The zero-order chi connectivity index (χ0) is 13.0. The zero-order valence-corrected chi connectivity index (χ0v) is 12.6. The first kappa shape index (κ1) is 13.6. The van der Waals surface area contributed by atoms with E-state index in [9.17, 15) is 0 Å². The maximum Gasteiger partial charge on any atom is 0.0640 e. The molecule has 1 unspecified atom stereocenters. The molecule has 0 aliphatic heterocycles. The molecule has 2 aromatic rings. The Morgan fingerprint density at radius 3 is 2.83 bits per heavy atom. The SMILES string of the molecule is Cn1ccc(CC(N)CSc2ccccc2Br)n1. The Labute approximate surface area is 120 Å². The minimum absolute atomic E-state index is 0.122. The van der Waals surface area contributed by atoms with Crippen molar-refractivity contribution in [3.05, 3.63) is 46.7 Å². The summed E-state index contributed by atoms with van der Waals surface area (Å²) in [7, 11) is 1.92. The van der Waals surface area contributed by atoms with Gasteiger partial charge in [0.1, 0.15) is 0 Å². The third-order valence-electron chi connectivity index (χ3n) is 2.53. The first-order valence-electron chi connectivity index (χ1n) is 5.76. The van der Waals surface area contributed by atoms with Crippen molar-refractivity contribution in [2.45, 2.75) is 17.4 Å². The Balaban J connectivity index is 1.85. The van der Waals surface area contributed by atoms with Crippen LogP contribution >= 0.6 is 27.7 Å². The summed E-state index contributed by atoms with van der Waals surface area (Å²) in [6.07, 6.45) is 2.77. The lowest BCUT2D eigenvalue weighted by Gasteiger charge is -2.10. The fraction of sp³-hybridized carbons (Fsp3) is 0.308. The lowest BCUT2D eigenvalue weighted by molar-refractivity contribution is 0.691. The normalized spacial score (nSPS) is 12.6. The van der Waals surface area contributed by atoms with Gasteiger partial charge >= 0.3 is 0 Å². The number of hydrogen-bond acceptors (Lipinski definition) is 3. The van der Waals surface area contributed by atoms with Gasteiger partial charge in [-0.3, -0.25) is 4.68 Å². The van der Waals surface area contributed by atoms with Crippen LogP contribution in [0.15, 0.2) is 45.9 Å². The summed E-state index contributed by atoms with van der Waals surface area (Å²) in [6.45, 7) is 0. The highest BCUT2D eigenvalue weighted by molar-refractivity contribution is 9.10. The zero-order valence-electron chi connectivity index (χ0n) is 10.2. The number of aromatic nitrogens is 2. The van der Waals surface area contributed by atoms with Crippen LogP contribution in [0.25, 0.3) is 0 Å². The van der Waals surface area contributed by atoms with Gasteiger partial charge < -0.3 is 5.73 Å². The predicted molar refractivity (Wildman–Crippen MR) is 79.8 cm³/mol. The van der Waals surface area contributed by atoms with Crippen LogP contribution in [0.1, 0.15) is 5.69 Å². The van der Waals surface area contributed by atoms with Gasteiger partial charge in [-0.1, -0.05) is 12.1 Å². The predicted octanol–water partition coefficient (Wildman–Crippen LogP) is 2.84. The maximum absolute atomic E-state index is 6.13. The quantitative estimate of drug-likeness (QED) is 0.860. The Morgan fingerprint density at radius 1 is 1.39 bits per heavy atom. The van der Waals surface area contributed by atoms with Gasteiger partial charge in [0.15, 0.2) is 0 Å². The van der Waals surface area contributed by atoms with E-state index >= 15 is 0 Å². The molecule has 0 amide bonds. The number of thioether (sulfide) groups is 1. The molecule has 1 atom stereocenters. The largest absolute Gasteiger partial charge is 0.327 e. The molecule has 1 aromatic heterocycles. The second-order valence-corrected chi connectivity index (χ2v) is 6.10. The third kappa shape index (κ3) is 3.86. The Bertz CT molecular complexity index is 512. The number of aryl methyl sites for hydroxylation is 1. The van der Waals surface area contributed by atoms with Crippen LogP contribution in [0.3, 0.4) is 0 Å². The second kappa shape index (κ2) is 6.41. The summed E-state index contributed by atoms with van der Waals surface area (Å²) in [6, 6.07) is 10.3. The standard InChI is InChI=1S/C13H16BrN3S/c1-17-7-6-11(16-17)8-10(15)9-18-13-5-3-2-4-12(13)14/h2-7,10H,8-9,15H2,1H3. The molecule has 1 heterocycles. The van der Waals surface area contributed by atoms with Crippen LogP contribution in [0.2, 0.25) is 0 Å². The van der Waals surface area contributed by atoms with E-state index in [1.165, 1.54) is 4.90 Å². The highest BCUT2D eigenvalue weighted by atomic mass is 79.9. The van der Waals surface area contributed by atoms with Crippen LogP contribution in [0, 0.1) is 0 Å². The molecule has 0 bridgehead atoms. The van der Waals surface area contributed by atoms with Gasteiger partial charge in [-0.15, -0.1) is 11.8 Å². The minimum Gasteiger partial charge on any atom is -0.327 e. The molecular formula is C13H16BrN3S. The van der Waals surface area contributed by atoms with E-state index in [2.05, 4.69) is 27.1 Å². The van der Waals surface area contributed by atoms with E-state index in [1.54, 1.807) is 11.8 Å². The van der Waals surface area contributed by atoms with E-state index in [0.29, 0.717) is 0 Å². The van der Waals surface area contributed by atoms with E-state index in [4.69, 9.17) is 5.73 Å². The fourth-order valence-corrected chi connectivity index (χ4v) is 3.18. The molecule has 18 heavy (non-hydrogen) atoms. The molecule has 0 fully saturated rings. The molecule has 0 aliphatic rings. The van der Waals surface area contributed by atoms with Crippen molar-refractivity contribution >= 4 is 27.7 Å². The Hall–Kier alpha value is -0.780. The summed E-state index contributed by atoms with van der Waals surface area (Å²) < 4.78 is 2.93. The van der Waals surface area contributed by atoms with E-state index in [1.807, 2.05) is 42.2 Å². The van der Waals surface area contributed by atoms with Gasteiger partial charge in [-0.25, -0.2) is 0 Å². The number of nitrogens with two attached hydrogens (primary N) is 1. The maximum atomic E-state index is 6.13. The van der Waals surface area contributed by atoms with Gasteiger partial charge in [0.2, 0.25) is 0 Å². The van der Waals surface area contributed by atoms with Gasteiger partial charge in [-0.05, 0) is 34.1 Å². The van der Waals surface area contributed by atoms with Crippen molar-refractivity contribution in [3.8, 4) is 0 Å². The van der Waals surface area contributed by atoms with Crippen LogP contribution in [0.5, 0.6) is 0 Å². The van der Waals surface area contributed by atoms with Crippen LogP contribution in [-0.4, -0.2) is 21.6 Å². The Kier molecular flexibility index (Phi) is 4.86. The summed E-state index contributed by atoms with van der Waals surface area (Å²) in [5.74, 6) is 0.888. The molecule has 3 nitrogen and oxygen atoms in total. The average molecular weight is 326 g/mol. The summed E-state index contributed by atoms with van der Waals surface area (Å²) in [5, 5.41) is 4.34. The molecule has 0 spiro atoms. The summed E-state index contributed by atoms with van der Waals surface area (Å²) in [5.41, 5.74) is 7.18. The van der Waals surface area contributed by atoms with Crippen LogP contribution < -0.4 is 5.73 Å². The van der Waals surface area contributed by atoms with Crippen LogP contribution in [0.4, 0.5) is 0 Å². The number of hydrogen-bond donors (Lipinski definition) is 1. The molecule has 0 saturated carbocycles. The third-order valence-corrected chi connectivity index (χ3v) is 4.75. The summed E-state index contributed by atoms with van der Waals surface area (Å²) >= 11 is 5.31. The van der Waals surface area contributed by atoms with Crippen molar-refractivity contribution in [3.63, 3.8) is 0 Å². The first-order chi connectivity index (χ1) is 8.65. The van der Waals surface area contributed by atoms with Crippen molar-refractivity contribution in [2.24, 2.45) is 12.8 Å². The topological polar surface area (TPSA) is 43.8 Å². The van der Waals surface area contributed by atoms with E-state index < -0.39 is 0 Å². The second-order valence-electron chi connectivity index (χ2n) is 4.19.